The van der Waals surface area contributed by atoms with Crippen molar-refractivity contribution in [1.82, 2.24) is 9.88 Å². The second-order valence-electron chi connectivity index (χ2n) is 6.46. The quantitative estimate of drug-likeness (QED) is 0.837. The number of carbonyl (C=O) groups excluding carboxylic acids is 1. The fourth-order valence-electron chi connectivity index (χ4n) is 3.46. The fourth-order valence-corrected chi connectivity index (χ4v) is 3.46. The third-order valence-corrected chi connectivity index (χ3v) is 4.84. The van der Waals surface area contributed by atoms with Gasteiger partial charge in [0.15, 0.2) is 11.6 Å². The third-order valence-electron chi connectivity index (χ3n) is 4.84. The highest BCUT2D eigenvalue weighted by atomic mass is 19.1. The summed E-state index contributed by atoms with van der Waals surface area (Å²) in [6.07, 6.45) is 3.38. The van der Waals surface area contributed by atoms with Crippen molar-refractivity contribution >= 4 is 5.91 Å². The number of ether oxygens (including phenoxy) is 1. The Morgan fingerprint density at radius 1 is 1.24 bits per heavy atom. The highest BCUT2D eigenvalue weighted by molar-refractivity contribution is 5.92. The van der Waals surface area contributed by atoms with E-state index in [0.29, 0.717) is 43.2 Å². The molecule has 0 aliphatic carbocycles. The van der Waals surface area contributed by atoms with Gasteiger partial charge in [0.2, 0.25) is 0 Å². The molecule has 1 amide bonds. The summed E-state index contributed by atoms with van der Waals surface area (Å²) in [5, 5.41) is 0. The highest BCUT2D eigenvalue weighted by Crippen LogP contribution is 2.27. The van der Waals surface area contributed by atoms with Crippen LogP contribution in [-0.4, -0.2) is 35.5 Å². The number of fused-ring (bicyclic) bond motifs is 1. The molecule has 1 saturated heterocycles. The summed E-state index contributed by atoms with van der Waals surface area (Å²) in [6, 6.07) is 2.17. The van der Waals surface area contributed by atoms with Crippen molar-refractivity contribution in [3.8, 4) is 0 Å². The van der Waals surface area contributed by atoms with Gasteiger partial charge in [-0.2, -0.15) is 0 Å². The van der Waals surface area contributed by atoms with E-state index < -0.39 is 11.6 Å². The summed E-state index contributed by atoms with van der Waals surface area (Å²) in [5.41, 5.74) is 1.22. The Labute approximate surface area is 143 Å². The molecule has 132 valence electrons. The number of benzene rings is 1. The number of nitrogens with zero attached hydrogens (tertiary/aromatic N) is 2. The first-order valence-corrected chi connectivity index (χ1v) is 8.41. The smallest absolute Gasteiger partial charge is 0.276 e. The van der Waals surface area contributed by atoms with E-state index in [1.54, 1.807) is 4.90 Å². The van der Waals surface area contributed by atoms with Gasteiger partial charge in [0.1, 0.15) is 17.9 Å². The van der Waals surface area contributed by atoms with Crippen molar-refractivity contribution in [2.24, 2.45) is 0 Å². The Morgan fingerprint density at radius 3 is 2.84 bits per heavy atom. The van der Waals surface area contributed by atoms with E-state index >= 15 is 0 Å². The number of rotatable bonds is 2. The molecule has 0 bridgehead atoms. The van der Waals surface area contributed by atoms with Crippen molar-refractivity contribution in [3.63, 3.8) is 0 Å². The first-order chi connectivity index (χ1) is 12.1. The summed E-state index contributed by atoms with van der Waals surface area (Å²) in [6.45, 7) is 1.86. The maximum absolute atomic E-state index is 13.8. The minimum absolute atomic E-state index is 0.167. The predicted molar refractivity (Wildman–Crippen MR) is 84.1 cm³/mol. The van der Waals surface area contributed by atoms with Crippen molar-refractivity contribution in [2.75, 3.05) is 19.8 Å². The predicted octanol–water partition coefficient (Wildman–Crippen LogP) is 3.05. The zero-order valence-corrected chi connectivity index (χ0v) is 13.6. The fraction of sp³-hybridized carbons (Fsp3) is 0.444. The largest absolute Gasteiger partial charge is 0.448 e. The molecule has 7 heteroatoms. The van der Waals surface area contributed by atoms with Gasteiger partial charge in [0, 0.05) is 38.3 Å². The molecule has 4 rings (SSSR count). The number of hydrogen-bond acceptors (Lipinski definition) is 4. The molecule has 1 aromatic carbocycles. The summed E-state index contributed by atoms with van der Waals surface area (Å²) >= 11 is 0. The number of halogens is 2. The number of amides is 1. The molecule has 0 radical (unpaired) electrons. The standard InChI is InChI=1S/C18H18F2N2O3/c19-13-7-12-9-22(4-1-14(12)15(20)8-13)18(23)16-10-25-17(21-16)11-2-5-24-6-3-11/h7-8,10-11H,1-6,9H2. The normalized spacial score (nSPS) is 18.2. The molecule has 2 aliphatic heterocycles. The molecule has 2 aromatic rings. The lowest BCUT2D eigenvalue weighted by molar-refractivity contribution is 0.0726. The summed E-state index contributed by atoms with van der Waals surface area (Å²) in [5.74, 6) is -0.738. The van der Waals surface area contributed by atoms with E-state index in [9.17, 15) is 13.6 Å². The van der Waals surface area contributed by atoms with Gasteiger partial charge in [-0.15, -0.1) is 0 Å². The van der Waals surface area contributed by atoms with Crippen LogP contribution in [0.2, 0.25) is 0 Å². The van der Waals surface area contributed by atoms with Crippen LogP contribution in [0.4, 0.5) is 8.78 Å². The Kier molecular flexibility index (Phi) is 4.25. The molecule has 3 heterocycles. The van der Waals surface area contributed by atoms with Crippen molar-refractivity contribution in [2.45, 2.75) is 31.7 Å². The Morgan fingerprint density at radius 2 is 2.04 bits per heavy atom. The molecule has 0 atom stereocenters. The van der Waals surface area contributed by atoms with Gasteiger partial charge in [0.25, 0.3) is 5.91 Å². The Balaban J connectivity index is 1.51. The summed E-state index contributed by atoms with van der Waals surface area (Å²) < 4.78 is 38.1. The van der Waals surface area contributed by atoms with E-state index in [0.717, 1.165) is 18.9 Å². The molecular formula is C18H18F2N2O3. The van der Waals surface area contributed by atoms with E-state index in [4.69, 9.17) is 9.15 Å². The third kappa shape index (κ3) is 3.16. The molecular weight excluding hydrogens is 330 g/mol. The van der Waals surface area contributed by atoms with Gasteiger partial charge in [0.05, 0.1) is 0 Å². The zero-order valence-electron chi connectivity index (χ0n) is 13.6. The maximum Gasteiger partial charge on any atom is 0.276 e. The van der Waals surface area contributed by atoms with Crippen LogP contribution in [0.5, 0.6) is 0 Å². The number of hydrogen-bond donors (Lipinski definition) is 0. The van der Waals surface area contributed by atoms with E-state index in [1.165, 1.54) is 12.3 Å². The second-order valence-corrected chi connectivity index (χ2v) is 6.46. The van der Waals surface area contributed by atoms with Gasteiger partial charge in [-0.1, -0.05) is 0 Å². The van der Waals surface area contributed by atoms with Crippen molar-refractivity contribution in [1.29, 1.82) is 0 Å². The topological polar surface area (TPSA) is 55.6 Å². The van der Waals surface area contributed by atoms with E-state index in [1.807, 2.05) is 0 Å². The van der Waals surface area contributed by atoms with Gasteiger partial charge >= 0.3 is 0 Å². The van der Waals surface area contributed by atoms with Crippen LogP contribution in [0.25, 0.3) is 0 Å². The van der Waals surface area contributed by atoms with E-state index in [2.05, 4.69) is 4.98 Å². The van der Waals surface area contributed by atoms with Crippen LogP contribution in [0.3, 0.4) is 0 Å². The van der Waals surface area contributed by atoms with E-state index in [-0.39, 0.29) is 24.1 Å². The maximum atomic E-state index is 13.8. The van der Waals surface area contributed by atoms with Crippen LogP contribution >= 0.6 is 0 Å². The molecule has 1 fully saturated rings. The van der Waals surface area contributed by atoms with Gasteiger partial charge in [-0.3, -0.25) is 4.79 Å². The van der Waals surface area contributed by atoms with Crippen LogP contribution < -0.4 is 0 Å². The number of carbonyl (C=O) groups is 1. The lowest BCUT2D eigenvalue weighted by Crippen LogP contribution is -2.36. The molecule has 0 unspecified atom stereocenters. The SMILES string of the molecule is O=C(c1coc(C2CCOCC2)n1)N1CCc2c(F)cc(F)cc2C1. The van der Waals surface area contributed by atoms with Crippen molar-refractivity contribution < 1.29 is 22.7 Å². The monoisotopic (exact) mass is 348 g/mol. The number of oxazole rings is 1. The average molecular weight is 348 g/mol. The van der Waals surface area contributed by atoms with Crippen LogP contribution in [0.1, 0.15) is 46.3 Å². The summed E-state index contributed by atoms with van der Waals surface area (Å²) in [7, 11) is 0. The Hall–Kier alpha value is -2.28. The first kappa shape index (κ1) is 16.2. The average Bonchev–Trinajstić information content (AvgIpc) is 3.11. The molecule has 0 N–H and O–H groups in total. The molecule has 2 aliphatic rings. The molecule has 0 saturated carbocycles. The molecule has 1 aromatic heterocycles. The second kappa shape index (κ2) is 6.55. The molecule has 0 spiro atoms. The zero-order chi connectivity index (χ0) is 17.4. The minimum atomic E-state index is -0.631. The van der Waals surface area contributed by atoms with Crippen LogP contribution in [-0.2, 0) is 17.7 Å². The van der Waals surface area contributed by atoms with Gasteiger partial charge in [-0.25, -0.2) is 13.8 Å². The van der Waals surface area contributed by atoms with Gasteiger partial charge < -0.3 is 14.1 Å². The van der Waals surface area contributed by atoms with Crippen LogP contribution in [0.15, 0.2) is 22.8 Å². The molecule has 25 heavy (non-hydrogen) atoms. The lowest BCUT2D eigenvalue weighted by atomic mass is 9.98. The van der Waals surface area contributed by atoms with Crippen LogP contribution in [0, 0.1) is 11.6 Å². The first-order valence-electron chi connectivity index (χ1n) is 8.41. The summed E-state index contributed by atoms with van der Waals surface area (Å²) in [4.78, 5) is 18.6. The lowest BCUT2D eigenvalue weighted by Gasteiger charge is -2.28. The number of aromatic nitrogens is 1. The van der Waals surface area contributed by atoms with Gasteiger partial charge in [-0.05, 0) is 36.5 Å². The minimum Gasteiger partial charge on any atom is -0.448 e. The highest BCUT2D eigenvalue weighted by Gasteiger charge is 2.28. The molecule has 5 nitrogen and oxygen atoms in total. The van der Waals surface area contributed by atoms with Crippen molar-refractivity contribution in [3.05, 3.63) is 52.7 Å². The Bertz CT molecular complexity index is 800.